The smallest absolute Gasteiger partial charge is 0.221 e. The van der Waals surface area contributed by atoms with Crippen molar-refractivity contribution in [2.24, 2.45) is 22.1 Å². The van der Waals surface area contributed by atoms with Gasteiger partial charge in [-0.25, -0.2) is 4.99 Å². The molecule has 3 N–H and O–H groups in total. The number of amides is 1. The van der Waals surface area contributed by atoms with Crippen molar-refractivity contribution in [3.8, 4) is 0 Å². The van der Waals surface area contributed by atoms with Crippen LogP contribution in [-0.2, 0) is 17.9 Å². The summed E-state index contributed by atoms with van der Waals surface area (Å²) < 4.78 is 0. The van der Waals surface area contributed by atoms with Crippen LogP contribution in [0.25, 0.3) is 0 Å². The van der Waals surface area contributed by atoms with Gasteiger partial charge in [0, 0.05) is 32.7 Å². The number of likely N-dealkylation sites (tertiary alicyclic amines) is 2. The third kappa shape index (κ3) is 6.12. The number of hydrogen-bond donors (Lipinski definition) is 2. The molecule has 0 aromatic heterocycles. The van der Waals surface area contributed by atoms with Crippen LogP contribution in [-0.4, -0.2) is 54.4 Å². The lowest BCUT2D eigenvalue weighted by Gasteiger charge is -2.38. The molecule has 2 aliphatic heterocycles. The van der Waals surface area contributed by atoms with E-state index < -0.39 is 0 Å². The molecule has 1 spiro atoms. The quantitative estimate of drug-likeness (QED) is 0.331. The minimum absolute atomic E-state index is 0. The Morgan fingerprint density at radius 3 is 2.71 bits per heavy atom. The van der Waals surface area contributed by atoms with Crippen LogP contribution < -0.4 is 11.1 Å². The topological polar surface area (TPSA) is 74.0 Å². The Kier molecular flexibility index (Phi) is 8.61. The number of halogens is 1. The van der Waals surface area contributed by atoms with Crippen LogP contribution in [0.2, 0.25) is 0 Å². The van der Waals surface area contributed by atoms with Gasteiger partial charge in [-0.2, -0.15) is 0 Å². The molecule has 6 nitrogen and oxygen atoms in total. The van der Waals surface area contributed by atoms with Crippen LogP contribution in [0, 0.1) is 11.3 Å². The third-order valence-electron chi connectivity index (χ3n) is 7.20. The highest BCUT2D eigenvalue weighted by Crippen LogP contribution is 2.47. The fourth-order valence-electron chi connectivity index (χ4n) is 5.31. The summed E-state index contributed by atoms with van der Waals surface area (Å²) in [6.07, 6.45) is 7.45. The van der Waals surface area contributed by atoms with E-state index in [-0.39, 0.29) is 35.8 Å². The maximum atomic E-state index is 11.6. The first-order valence-electron chi connectivity index (χ1n) is 11.7. The number of nitrogens with zero attached hydrogens (tertiary/aromatic N) is 3. The van der Waals surface area contributed by atoms with E-state index in [4.69, 9.17) is 10.7 Å². The molecule has 4 rings (SSSR count). The minimum atomic E-state index is -0.163. The highest BCUT2D eigenvalue weighted by Gasteiger charge is 2.43. The maximum absolute atomic E-state index is 11.6. The third-order valence-corrected chi connectivity index (χ3v) is 7.20. The van der Waals surface area contributed by atoms with Crippen molar-refractivity contribution in [1.82, 2.24) is 15.1 Å². The number of guanidine groups is 1. The summed E-state index contributed by atoms with van der Waals surface area (Å²) in [6.45, 7) is 8.71. The van der Waals surface area contributed by atoms with Crippen LogP contribution in [0.5, 0.6) is 0 Å². The standard InChI is InChI=1S/C24H37N5O.HI/c1-2-26-23(29-13-11-24(18-29)9-5-10-24)27-15-19-6-3-7-20(14-19)16-28-12-4-8-21(17-28)22(25)30;/h3,6-7,14,21H,2,4-5,8-13,15-18H2,1H3,(H2,25,30)(H,26,27);1H. The summed E-state index contributed by atoms with van der Waals surface area (Å²) in [5, 5.41) is 3.50. The second kappa shape index (κ2) is 11.0. The highest BCUT2D eigenvalue weighted by molar-refractivity contribution is 14.0. The van der Waals surface area contributed by atoms with Gasteiger partial charge in [-0.1, -0.05) is 30.7 Å². The largest absolute Gasteiger partial charge is 0.369 e. The Labute approximate surface area is 204 Å². The molecule has 1 saturated carbocycles. The molecule has 3 aliphatic rings. The number of rotatable bonds is 6. The fraction of sp³-hybridized carbons (Fsp3) is 0.667. The molecule has 7 heteroatoms. The Morgan fingerprint density at radius 2 is 2.03 bits per heavy atom. The van der Waals surface area contributed by atoms with Gasteiger partial charge < -0.3 is 16.0 Å². The van der Waals surface area contributed by atoms with Crippen LogP contribution >= 0.6 is 24.0 Å². The molecule has 31 heavy (non-hydrogen) atoms. The van der Waals surface area contributed by atoms with E-state index >= 15 is 0 Å². The molecule has 1 aromatic rings. The number of benzene rings is 1. The van der Waals surface area contributed by atoms with E-state index in [0.29, 0.717) is 12.0 Å². The summed E-state index contributed by atoms with van der Waals surface area (Å²) in [7, 11) is 0. The number of nitrogens with one attached hydrogen (secondary N) is 1. The number of carbonyl (C=O) groups is 1. The Hall–Kier alpha value is -1.35. The number of primary amides is 1. The first-order chi connectivity index (χ1) is 14.6. The lowest BCUT2D eigenvalue weighted by atomic mass is 9.68. The van der Waals surface area contributed by atoms with Crippen molar-refractivity contribution < 1.29 is 4.79 Å². The predicted molar refractivity (Wildman–Crippen MR) is 136 cm³/mol. The zero-order valence-electron chi connectivity index (χ0n) is 18.8. The van der Waals surface area contributed by atoms with Gasteiger partial charge in [-0.05, 0) is 62.1 Å². The Morgan fingerprint density at radius 1 is 1.23 bits per heavy atom. The van der Waals surface area contributed by atoms with E-state index in [0.717, 1.165) is 58.1 Å². The zero-order valence-corrected chi connectivity index (χ0v) is 21.1. The molecular formula is C24H38IN5O. The lowest BCUT2D eigenvalue weighted by molar-refractivity contribution is -0.123. The van der Waals surface area contributed by atoms with Gasteiger partial charge in [0.2, 0.25) is 5.91 Å². The first-order valence-corrected chi connectivity index (χ1v) is 11.7. The average molecular weight is 540 g/mol. The summed E-state index contributed by atoms with van der Waals surface area (Å²) in [6, 6.07) is 8.73. The first kappa shape index (κ1) is 24.3. The molecule has 1 atom stereocenters. The average Bonchev–Trinajstić information content (AvgIpc) is 3.18. The Balaban J connectivity index is 0.00000272. The summed E-state index contributed by atoms with van der Waals surface area (Å²) in [5.41, 5.74) is 8.63. The minimum Gasteiger partial charge on any atom is -0.369 e. The molecule has 0 radical (unpaired) electrons. The van der Waals surface area contributed by atoms with E-state index in [2.05, 4.69) is 46.3 Å². The highest BCUT2D eigenvalue weighted by atomic mass is 127. The van der Waals surface area contributed by atoms with Crippen molar-refractivity contribution in [2.75, 3.05) is 32.7 Å². The second-order valence-corrected chi connectivity index (χ2v) is 9.49. The van der Waals surface area contributed by atoms with E-state index in [1.165, 1.54) is 36.8 Å². The Bertz CT molecular complexity index is 779. The number of piperidine rings is 1. The zero-order chi connectivity index (χ0) is 21.0. The van der Waals surface area contributed by atoms with Crippen LogP contribution in [0.15, 0.2) is 29.3 Å². The van der Waals surface area contributed by atoms with Crippen LogP contribution in [0.3, 0.4) is 0 Å². The molecule has 1 aromatic carbocycles. The van der Waals surface area contributed by atoms with E-state index in [1.807, 2.05) is 0 Å². The molecular weight excluding hydrogens is 501 g/mol. The molecule has 2 saturated heterocycles. The second-order valence-electron chi connectivity index (χ2n) is 9.49. The maximum Gasteiger partial charge on any atom is 0.221 e. The normalized spacial score (nSPS) is 23.3. The van der Waals surface area contributed by atoms with Crippen molar-refractivity contribution in [3.05, 3.63) is 35.4 Å². The number of hydrogen-bond acceptors (Lipinski definition) is 3. The van der Waals surface area contributed by atoms with Gasteiger partial charge in [-0.15, -0.1) is 24.0 Å². The fourth-order valence-corrected chi connectivity index (χ4v) is 5.31. The SMILES string of the molecule is CCNC(=NCc1cccc(CN2CCCC(C(N)=O)C2)c1)N1CCC2(CCC2)C1.I. The van der Waals surface area contributed by atoms with Gasteiger partial charge in [-0.3, -0.25) is 9.69 Å². The van der Waals surface area contributed by atoms with Gasteiger partial charge >= 0.3 is 0 Å². The molecule has 172 valence electrons. The molecule has 1 unspecified atom stereocenters. The van der Waals surface area contributed by atoms with Crippen molar-refractivity contribution in [1.29, 1.82) is 0 Å². The molecule has 1 aliphatic carbocycles. The molecule has 1 amide bonds. The number of aliphatic imine (C=N–C) groups is 1. The van der Waals surface area contributed by atoms with Gasteiger partial charge in [0.25, 0.3) is 0 Å². The van der Waals surface area contributed by atoms with E-state index in [1.54, 1.807) is 0 Å². The number of carbonyl (C=O) groups excluding carboxylic acids is 1. The van der Waals surface area contributed by atoms with Gasteiger partial charge in [0.05, 0.1) is 12.5 Å². The predicted octanol–water partition coefficient (Wildman–Crippen LogP) is 3.34. The van der Waals surface area contributed by atoms with Crippen molar-refractivity contribution >= 4 is 35.8 Å². The summed E-state index contributed by atoms with van der Waals surface area (Å²) >= 11 is 0. The van der Waals surface area contributed by atoms with Crippen LogP contribution in [0.4, 0.5) is 0 Å². The van der Waals surface area contributed by atoms with Gasteiger partial charge in [0.15, 0.2) is 5.96 Å². The molecule has 3 fully saturated rings. The van der Waals surface area contributed by atoms with Gasteiger partial charge in [0.1, 0.15) is 0 Å². The van der Waals surface area contributed by atoms with Crippen molar-refractivity contribution in [3.63, 3.8) is 0 Å². The van der Waals surface area contributed by atoms with Crippen molar-refractivity contribution in [2.45, 2.75) is 58.5 Å². The summed E-state index contributed by atoms with van der Waals surface area (Å²) in [5.74, 6) is 0.893. The van der Waals surface area contributed by atoms with E-state index in [9.17, 15) is 4.79 Å². The monoisotopic (exact) mass is 539 g/mol. The molecule has 0 bridgehead atoms. The van der Waals surface area contributed by atoms with Crippen LogP contribution in [0.1, 0.15) is 56.6 Å². The molecule has 2 heterocycles. The number of nitrogens with two attached hydrogens (primary N) is 1. The summed E-state index contributed by atoms with van der Waals surface area (Å²) in [4.78, 5) is 21.3. The lowest BCUT2D eigenvalue weighted by Crippen LogP contribution is -2.42.